The molecule has 0 aliphatic carbocycles. The maximum atomic E-state index is 13.2. The highest BCUT2D eigenvalue weighted by Crippen LogP contribution is 2.31. The zero-order chi connectivity index (χ0) is 22.5. The molecule has 9 heteroatoms. The number of rotatable bonds is 7. The number of anilines is 2. The summed E-state index contributed by atoms with van der Waals surface area (Å²) in [7, 11) is 3.75. The van der Waals surface area contributed by atoms with Gasteiger partial charge in [0, 0.05) is 32.2 Å². The number of aromatic nitrogens is 2. The molecule has 160 valence electrons. The van der Waals surface area contributed by atoms with Crippen LogP contribution in [-0.2, 0) is 11.3 Å². The van der Waals surface area contributed by atoms with Crippen molar-refractivity contribution in [1.29, 1.82) is 0 Å². The maximum Gasteiger partial charge on any atom is 0.235 e. The molecule has 2 aromatic carbocycles. The first-order valence-corrected chi connectivity index (χ1v) is 10.4. The van der Waals surface area contributed by atoms with Crippen molar-refractivity contribution in [2.45, 2.75) is 13.0 Å². The molecule has 0 saturated carbocycles. The molecule has 0 bridgehead atoms. The molecule has 0 aliphatic rings. The Balaban J connectivity index is 1.93. The third-order valence-corrected chi connectivity index (χ3v) is 5.52. The Labute approximate surface area is 195 Å². The highest BCUT2D eigenvalue weighted by molar-refractivity contribution is 6.42. The molecule has 0 radical (unpaired) electrons. The van der Waals surface area contributed by atoms with Crippen molar-refractivity contribution >= 4 is 57.9 Å². The Morgan fingerprint density at radius 1 is 0.903 bits per heavy atom. The van der Waals surface area contributed by atoms with Gasteiger partial charge >= 0.3 is 0 Å². The number of nitrogens with zero attached hydrogens (tertiary/aromatic N) is 4. The van der Waals surface area contributed by atoms with E-state index in [1.807, 2.05) is 25.1 Å². The number of amides is 1. The van der Waals surface area contributed by atoms with Crippen molar-refractivity contribution < 1.29 is 9.59 Å². The van der Waals surface area contributed by atoms with Crippen LogP contribution in [0.1, 0.15) is 22.6 Å². The average molecular weight is 478 g/mol. The molecule has 1 aromatic heterocycles. The van der Waals surface area contributed by atoms with Gasteiger partial charge in [-0.25, -0.2) is 9.97 Å². The van der Waals surface area contributed by atoms with E-state index < -0.39 is 18.1 Å². The minimum absolute atomic E-state index is 0.00803. The SMILES string of the molecule is CN(C)c1ccc(N(Cc2ccc(Cl)c(Cl)c2)C(=O)CC(=O)c2ncccn2)cc1Cl. The average Bonchev–Trinajstić information content (AvgIpc) is 2.74. The third kappa shape index (κ3) is 5.73. The van der Waals surface area contributed by atoms with Gasteiger partial charge in [0.05, 0.1) is 33.7 Å². The van der Waals surface area contributed by atoms with Gasteiger partial charge in [0.1, 0.15) is 0 Å². The van der Waals surface area contributed by atoms with E-state index in [1.165, 1.54) is 17.3 Å². The molecule has 0 atom stereocenters. The summed E-state index contributed by atoms with van der Waals surface area (Å²) in [5.74, 6) is -0.899. The van der Waals surface area contributed by atoms with E-state index in [0.717, 1.165) is 11.3 Å². The molecule has 1 amide bonds. The van der Waals surface area contributed by atoms with Crippen LogP contribution in [0.4, 0.5) is 11.4 Å². The maximum absolute atomic E-state index is 13.2. The van der Waals surface area contributed by atoms with E-state index in [0.29, 0.717) is 20.8 Å². The standard InChI is InChI=1S/C22H19Cl3N4O2/c1-28(2)19-7-5-15(11-18(19)25)29(13-14-4-6-16(23)17(24)10-14)21(31)12-20(30)22-26-8-3-9-27-22/h3-11H,12-13H2,1-2H3. The molecular formula is C22H19Cl3N4O2. The fraction of sp³-hybridized carbons (Fsp3) is 0.182. The van der Waals surface area contributed by atoms with Gasteiger partial charge in [-0.3, -0.25) is 9.59 Å². The number of Topliss-reactive ketones (excluding diaryl/α,β-unsaturated/α-hetero) is 1. The topological polar surface area (TPSA) is 66.4 Å². The molecule has 0 unspecified atom stereocenters. The predicted molar refractivity (Wildman–Crippen MR) is 124 cm³/mol. The smallest absolute Gasteiger partial charge is 0.235 e. The monoisotopic (exact) mass is 476 g/mol. The Morgan fingerprint density at radius 2 is 1.61 bits per heavy atom. The Kier molecular flexibility index (Phi) is 7.49. The van der Waals surface area contributed by atoms with E-state index in [2.05, 4.69) is 9.97 Å². The fourth-order valence-electron chi connectivity index (χ4n) is 2.93. The molecule has 3 rings (SSSR count). The first-order valence-electron chi connectivity index (χ1n) is 9.27. The molecule has 6 nitrogen and oxygen atoms in total. The zero-order valence-corrected chi connectivity index (χ0v) is 19.1. The van der Waals surface area contributed by atoms with Crippen LogP contribution in [0.3, 0.4) is 0 Å². The highest BCUT2D eigenvalue weighted by atomic mass is 35.5. The summed E-state index contributed by atoms with van der Waals surface area (Å²) in [6.45, 7) is 0.177. The number of benzene rings is 2. The lowest BCUT2D eigenvalue weighted by Crippen LogP contribution is -2.32. The second-order valence-corrected chi connectivity index (χ2v) is 8.15. The van der Waals surface area contributed by atoms with Crippen molar-refractivity contribution in [1.82, 2.24) is 9.97 Å². The van der Waals surface area contributed by atoms with E-state index in [9.17, 15) is 9.59 Å². The lowest BCUT2D eigenvalue weighted by atomic mass is 10.1. The molecule has 31 heavy (non-hydrogen) atoms. The molecule has 3 aromatic rings. The largest absolute Gasteiger partial charge is 0.376 e. The zero-order valence-electron chi connectivity index (χ0n) is 16.8. The van der Waals surface area contributed by atoms with Gasteiger partial charge in [0.25, 0.3) is 0 Å². The van der Waals surface area contributed by atoms with Crippen LogP contribution in [-0.4, -0.2) is 35.8 Å². The Morgan fingerprint density at radius 3 is 2.23 bits per heavy atom. The lowest BCUT2D eigenvalue weighted by molar-refractivity contribution is -0.117. The fourth-order valence-corrected chi connectivity index (χ4v) is 3.59. The van der Waals surface area contributed by atoms with Gasteiger partial charge in [-0.05, 0) is 42.0 Å². The van der Waals surface area contributed by atoms with Crippen LogP contribution in [0.25, 0.3) is 0 Å². The summed E-state index contributed by atoms with van der Waals surface area (Å²) in [5.41, 5.74) is 2.11. The second kappa shape index (κ2) is 10.1. The minimum atomic E-state index is -0.472. The normalized spacial score (nSPS) is 10.6. The van der Waals surface area contributed by atoms with Crippen molar-refractivity contribution in [2.24, 2.45) is 0 Å². The Hall–Kier alpha value is -2.67. The summed E-state index contributed by atoms with van der Waals surface area (Å²) in [5, 5.41) is 1.27. The number of halogens is 3. The van der Waals surface area contributed by atoms with Crippen LogP contribution >= 0.6 is 34.8 Å². The molecule has 0 N–H and O–H groups in total. The van der Waals surface area contributed by atoms with Gasteiger partial charge in [-0.2, -0.15) is 0 Å². The quantitative estimate of drug-likeness (QED) is 0.341. The van der Waals surface area contributed by atoms with Gasteiger partial charge < -0.3 is 9.80 Å². The summed E-state index contributed by atoms with van der Waals surface area (Å²) < 4.78 is 0. The van der Waals surface area contributed by atoms with Crippen LogP contribution in [0.5, 0.6) is 0 Å². The number of ketones is 1. The number of carbonyl (C=O) groups is 2. The first kappa shape index (κ1) is 23.0. The molecule has 0 aliphatic heterocycles. The van der Waals surface area contributed by atoms with Gasteiger partial charge in [-0.1, -0.05) is 40.9 Å². The summed E-state index contributed by atoms with van der Waals surface area (Å²) >= 11 is 18.6. The van der Waals surface area contributed by atoms with Crippen LogP contribution in [0, 0.1) is 0 Å². The summed E-state index contributed by atoms with van der Waals surface area (Å²) in [6.07, 6.45) is 2.52. The number of hydrogen-bond acceptors (Lipinski definition) is 5. The minimum Gasteiger partial charge on any atom is -0.376 e. The number of hydrogen-bond donors (Lipinski definition) is 0. The van der Waals surface area contributed by atoms with Gasteiger partial charge in [0.15, 0.2) is 5.82 Å². The van der Waals surface area contributed by atoms with E-state index in [1.54, 1.807) is 36.4 Å². The van der Waals surface area contributed by atoms with E-state index >= 15 is 0 Å². The highest BCUT2D eigenvalue weighted by Gasteiger charge is 2.22. The summed E-state index contributed by atoms with van der Waals surface area (Å²) in [4.78, 5) is 36.9. The van der Waals surface area contributed by atoms with Gasteiger partial charge in [0.2, 0.25) is 11.7 Å². The van der Waals surface area contributed by atoms with E-state index in [-0.39, 0.29) is 12.4 Å². The summed E-state index contributed by atoms with van der Waals surface area (Å²) in [6, 6.07) is 12.0. The van der Waals surface area contributed by atoms with Crippen molar-refractivity contribution in [3.63, 3.8) is 0 Å². The van der Waals surface area contributed by atoms with Crippen LogP contribution < -0.4 is 9.80 Å². The molecule has 0 saturated heterocycles. The van der Waals surface area contributed by atoms with Crippen molar-refractivity contribution in [3.8, 4) is 0 Å². The second-order valence-electron chi connectivity index (χ2n) is 6.93. The van der Waals surface area contributed by atoms with Crippen molar-refractivity contribution in [3.05, 3.63) is 81.3 Å². The third-order valence-electron chi connectivity index (χ3n) is 4.48. The molecule has 0 spiro atoms. The molecule has 0 fully saturated rings. The van der Waals surface area contributed by atoms with E-state index in [4.69, 9.17) is 34.8 Å². The Bertz CT molecular complexity index is 1110. The first-order chi connectivity index (χ1) is 14.8. The molecule has 1 heterocycles. The lowest BCUT2D eigenvalue weighted by Gasteiger charge is -2.24. The van der Waals surface area contributed by atoms with Gasteiger partial charge in [-0.15, -0.1) is 0 Å². The molecular weight excluding hydrogens is 459 g/mol. The van der Waals surface area contributed by atoms with Crippen LogP contribution in [0.15, 0.2) is 54.9 Å². The van der Waals surface area contributed by atoms with Crippen LogP contribution in [0.2, 0.25) is 15.1 Å². The van der Waals surface area contributed by atoms with Crippen molar-refractivity contribution in [2.75, 3.05) is 23.9 Å². The predicted octanol–water partition coefficient (Wildman–Crippen LogP) is 5.31. The number of carbonyl (C=O) groups excluding carboxylic acids is 2.